The Hall–Kier alpha value is -2.23. The van der Waals surface area contributed by atoms with Crippen molar-refractivity contribution in [3.63, 3.8) is 0 Å². The molecule has 3 rings (SSSR count). The Labute approximate surface area is 200 Å². The fourth-order valence-electron chi connectivity index (χ4n) is 3.35. The summed E-state index contributed by atoms with van der Waals surface area (Å²) in [6.45, 7) is 4.00. The van der Waals surface area contributed by atoms with Crippen LogP contribution in [0.3, 0.4) is 0 Å². The van der Waals surface area contributed by atoms with E-state index in [1.807, 2.05) is 31.2 Å². The minimum Gasteiger partial charge on any atom is -0.357 e. The maximum Gasteiger partial charge on any atom is 0.244 e. The van der Waals surface area contributed by atoms with Gasteiger partial charge in [-0.05, 0) is 49.6 Å². The van der Waals surface area contributed by atoms with Crippen LogP contribution in [-0.2, 0) is 16.6 Å². The maximum atomic E-state index is 13.6. The van der Waals surface area contributed by atoms with E-state index in [1.165, 1.54) is 6.07 Å². The zero-order chi connectivity index (χ0) is 21.4. The molecular weight excluding hydrogens is 508 g/mol. The van der Waals surface area contributed by atoms with Gasteiger partial charge in [0.15, 0.2) is 5.96 Å². The molecule has 0 bridgehead atoms. The Morgan fingerprint density at radius 3 is 2.68 bits per heavy atom. The lowest BCUT2D eigenvalue weighted by Gasteiger charge is -2.20. The molecule has 0 spiro atoms. The molecule has 2 N–H and O–H groups in total. The number of likely N-dealkylation sites (N-methyl/N-ethyl adjacent to an activating group) is 1. The molecule has 2 aromatic rings. The third-order valence-corrected chi connectivity index (χ3v) is 5.46. The van der Waals surface area contributed by atoms with Crippen LogP contribution in [-0.4, -0.2) is 55.0 Å². The highest BCUT2D eigenvalue weighted by Gasteiger charge is 2.44. The molecule has 1 aromatic carbocycles. The van der Waals surface area contributed by atoms with Gasteiger partial charge in [-0.2, -0.15) is 0 Å². The molecule has 0 saturated heterocycles. The summed E-state index contributed by atoms with van der Waals surface area (Å²) in [6, 6.07) is 12.6. The minimum atomic E-state index is -0.210. The highest BCUT2D eigenvalue weighted by Crippen LogP contribution is 2.47. The summed E-state index contributed by atoms with van der Waals surface area (Å²) in [4.78, 5) is 22.9. The summed E-state index contributed by atoms with van der Waals surface area (Å²) < 4.78 is 13.6. The number of aromatic nitrogens is 1. The average molecular weight is 539 g/mol. The molecule has 8 heteroatoms. The smallest absolute Gasteiger partial charge is 0.244 e. The lowest BCUT2D eigenvalue weighted by Crippen LogP contribution is -2.42. The van der Waals surface area contributed by atoms with Crippen LogP contribution < -0.4 is 10.6 Å². The molecule has 0 radical (unpaired) electrons. The van der Waals surface area contributed by atoms with Gasteiger partial charge in [0.2, 0.25) is 5.91 Å². The van der Waals surface area contributed by atoms with E-state index >= 15 is 0 Å². The number of guanidine groups is 1. The summed E-state index contributed by atoms with van der Waals surface area (Å²) in [5.41, 5.74) is 1.92. The first-order chi connectivity index (χ1) is 14.5. The van der Waals surface area contributed by atoms with Crippen molar-refractivity contribution in [3.8, 4) is 0 Å². The van der Waals surface area contributed by atoms with Crippen molar-refractivity contribution in [2.24, 2.45) is 4.99 Å². The lowest BCUT2D eigenvalue weighted by molar-refractivity contribution is -0.128. The molecule has 0 unspecified atom stereocenters. The predicted molar refractivity (Wildman–Crippen MR) is 132 cm³/mol. The molecule has 0 atom stereocenters. The van der Waals surface area contributed by atoms with Gasteiger partial charge in [0, 0.05) is 50.4 Å². The summed E-state index contributed by atoms with van der Waals surface area (Å²) in [6.07, 6.45) is 4.49. The van der Waals surface area contributed by atoms with Crippen LogP contribution in [0.2, 0.25) is 0 Å². The second-order valence-corrected chi connectivity index (χ2v) is 7.73. The second-order valence-electron chi connectivity index (χ2n) is 7.73. The number of hydrogen-bond acceptors (Lipinski definition) is 3. The average Bonchev–Trinajstić information content (AvgIpc) is 3.55. The molecule has 1 saturated carbocycles. The number of benzene rings is 1. The molecule has 1 aromatic heterocycles. The van der Waals surface area contributed by atoms with Crippen LogP contribution in [0.1, 0.15) is 31.0 Å². The number of hydrogen-bond donors (Lipinski definition) is 2. The molecule has 1 aliphatic carbocycles. The van der Waals surface area contributed by atoms with Gasteiger partial charge in [-0.3, -0.25) is 9.78 Å². The summed E-state index contributed by atoms with van der Waals surface area (Å²) in [7, 11) is 1.78. The third-order valence-electron chi connectivity index (χ3n) is 5.46. The standard InChI is InChI=1S/C23H30FN5O.HI/c1-3-25-22(28-17-23(11-12-23)18-7-6-8-19(24)15-18)27-16-21(30)29(2)14-10-20-9-4-5-13-26-20;/h4-9,13,15H,3,10-12,14,16-17H2,1-2H3,(H2,25,27,28);1H. The summed E-state index contributed by atoms with van der Waals surface area (Å²) >= 11 is 0. The van der Waals surface area contributed by atoms with Gasteiger partial charge in [0.1, 0.15) is 12.4 Å². The van der Waals surface area contributed by atoms with Crippen LogP contribution >= 0.6 is 24.0 Å². The first kappa shape index (κ1) is 25.0. The van der Waals surface area contributed by atoms with Crippen LogP contribution in [0.25, 0.3) is 0 Å². The maximum absolute atomic E-state index is 13.6. The molecule has 0 aliphatic heterocycles. The van der Waals surface area contributed by atoms with Gasteiger partial charge >= 0.3 is 0 Å². The van der Waals surface area contributed by atoms with Gasteiger partial charge < -0.3 is 15.5 Å². The Balaban J connectivity index is 0.00000341. The SMILES string of the molecule is CCNC(=NCC(=O)N(C)CCc1ccccn1)NCC1(c2cccc(F)c2)CC1.I. The zero-order valence-corrected chi connectivity index (χ0v) is 20.4. The molecule has 1 amide bonds. The Bertz CT molecular complexity index is 873. The van der Waals surface area contributed by atoms with E-state index in [1.54, 1.807) is 30.3 Å². The highest BCUT2D eigenvalue weighted by atomic mass is 127. The Morgan fingerprint density at radius 2 is 2.03 bits per heavy atom. The van der Waals surface area contributed by atoms with Crippen molar-refractivity contribution in [2.75, 3.05) is 33.2 Å². The van der Waals surface area contributed by atoms with Crippen LogP contribution in [0, 0.1) is 5.82 Å². The largest absolute Gasteiger partial charge is 0.357 e. The number of nitrogens with one attached hydrogen (secondary N) is 2. The van der Waals surface area contributed by atoms with Gasteiger partial charge in [-0.1, -0.05) is 18.2 Å². The van der Waals surface area contributed by atoms with Crippen molar-refractivity contribution in [2.45, 2.75) is 31.6 Å². The zero-order valence-electron chi connectivity index (χ0n) is 18.1. The predicted octanol–water partition coefficient (Wildman–Crippen LogP) is 3.13. The van der Waals surface area contributed by atoms with Gasteiger partial charge in [0.05, 0.1) is 0 Å². The van der Waals surface area contributed by atoms with Crippen molar-refractivity contribution >= 4 is 35.8 Å². The van der Waals surface area contributed by atoms with Gasteiger partial charge in [-0.25, -0.2) is 9.38 Å². The molecule has 1 aliphatic rings. The number of pyridine rings is 1. The van der Waals surface area contributed by atoms with E-state index in [9.17, 15) is 9.18 Å². The van der Waals surface area contributed by atoms with Crippen LogP contribution in [0.4, 0.5) is 4.39 Å². The number of halogens is 2. The molecule has 168 valence electrons. The van der Waals surface area contributed by atoms with Crippen molar-refractivity contribution < 1.29 is 9.18 Å². The number of carbonyl (C=O) groups excluding carboxylic acids is 1. The van der Waals surface area contributed by atoms with Crippen molar-refractivity contribution in [1.29, 1.82) is 0 Å². The minimum absolute atomic E-state index is 0. The van der Waals surface area contributed by atoms with E-state index in [2.05, 4.69) is 20.6 Å². The van der Waals surface area contributed by atoms with E-state index < -0.39 is 0 Å². The lowest BCUT2D eigenvalue weighted by atomic mass is 9.96. The summed E-state index contributed by atoms with van der Waals surface area (Å²) in [5, 5.41) is 6.51. The normalized spacial score (nSPS) is 14.4. The van der Waals surface area contributed by atoms with E-state index in [-0.39, 0.29) is 47.7 Å². The fraction of sp³-hybridized carbons (Fsp3) is 0.435. The number of aliphatic imine (C=N–C) groups is 1. The first-order valence-electron chi connectivity index (χ1n) is 10.4. The number of rotatable bonds is 9. The molecule has 31 heavy (non-hydrogen) atoms. The van der Waals surface area contributed by atoms with E-state index in [0.29, 0.717) is 32.0 Å². The van der Waals surface area contributed by atoms with E-state index in [0.717, 1.165) is 24.1 Å². The van der Waals surface area contributed by atoms with Crippen LogP contribution in [0.15, 0.2) is 53.7 Å². The van der Waals surface area contributed by atoms with Crippen molar-refractivity contribution in [3.05, 3.63) is 65.7 Å². The van der Waals surface area contributed by atoms with Gasteiger partial charge in [-0.15, -0.1) is 24.0 Å². The molecule has 1 heterocycles. The molecule has 6 nitrogen and oxygen atoms in total. The first-order valence-corrected chi connectivity index (χ1v) is 10.4. The van der Waals surface area contributed by atoms with Crippen molar-refractivity contribution in [1.82, 2.24) is 20.5 Å². The topological polar surface area (TPSA) is 69.6 Å². The summed E-state index contributed by atoms with van der Waals surface area (Å²) in [5.74, 6) is 0.347. The quantitative estimate of drug-likeness (QED) is 0.292. The number of nitrogens with zero attached hydrogens (tertiary/aromatic N) is 3. The van der Waals surface area contributed by atoms with Gasteiger partial charge in [0.25, 0.3) is 0 Å². The van der Waals surface area contributed by atoms with Crippen LogP contribution in [0.5, 0.6) is 0 Å². The molecular formula is C23H31FIN5O. The monoisotopic (exact) mass is 539 g/mol. The third kappa shape index (κ3) is 7.45. The fourth-order valence-corrected chi connectivity index (χ4v) is 3.35. The molecule has 1 fully saturated rings. The Kier molecular flexibility index (Phi) is 9.67. The van der Waals surface area contributed by atoms with E-state index in [4.69, 9.17) is 0 Å². The second kappa shape index (κ2) is 12.0. The number of amides is 1. The number of carbonyl (C=O) groups is 1. The highest BCUT2D eigenvalue weighted by molar-refractivity contribution is 14.0. The Morgan fingerprint density at radius 1 is 1.23 bits per heavy atom.